The molecule has 88 valence electrons. The van der Waals surface area contributed by atoms with Gasteiger partial charge in [0.05, 0.1) is 0 Å². The first-order valence-corrected chi connectivity index (χ1v) is 6.04. The molecule has 0 radical (unpaired) electrons. The third kappa shape index (κ3) is 3.65. The zero-order valence-electron chi connectivity index (χ0n) is 9.54. The van der Waals surface area contributed by atoms with Gasteiger partial charge in [0.15, 0.2) is 0 Å². The molecule has 0 aliphatic carbocycles. The van der Waals surface area contributed by atoms with E-state index in [-0.39, 0.29) is 11.3 Å². The van der Waals surface area contributed by atoms with Gasteiger partial charge >= 0.3 is 0 Å². The van der Waals surface area contributed by atoms with E-state index in [1.54, 1.807) is 7.11 Å². The van der Waals surface area contributed by atoms with Crippen LogP contribution in [0.2, 0.25) is 0 Å². The number of likely N-dealkylation sites (tertiary alicyclic amines) is 1. The maximum Gasteiger partial charge on any atom is 0.240 e. The van der Waals surface area contributed by atoms with E-state index in [1.807, 2.05) is 11.8 Å². The SMILES string of the molecule is CC[C@H](Cl)C(=O)N1CCC(COC)CC1. The number of alkyl halides is 1. The summed E-state index contributed by atoms with van der Waals surface area (Å²) < 4.78 is 5.12. The fourth-order valence-corrected chi connectivity index (χ4v) is 2.07. The normalized spacial score (nSPS) is 20.3. The van der Waals surface area contributed by atoms with Gasteiger partial charge in [-0.2, -0.15) is 0 Å². The minimum Gasteiger partial charge on any atom is -0.384 e. The molecule has 0 bridgehead atoms. The minimum atomic E-state index is -0.344. The van der Waals surface area contributed by atoms with Crippen LogP contribution in [0.15, 0.2) is 0 Å². The predicted molar refractivity (Wildman–Crippen MR) is 61.1 cm³/mol. The Labute approximate surface area is 96.7 Å². The lowest BCUT2D eigenvalue weighted by Gasteiger charge is -2.32. The third-order valence-corrected chi connectivity index (χ3v) is 3.45. The van der Waals surface area contributed by atoms with Gasteiger partial charge in [-0.25, -0.2) is 0 Å². The highest BCUT2D eigenvalue weighted by atomic mass is 35.5. The van der Waals surface area contributed by atoms with E-state index < -0.39 is 0 Å². The van der Waals surface area contributed by atoms with Crippen LogP contribution in [0.5, 0.6) is 0 Å². The van der Waals surface area contributed by atoms with E-state index in [1.165, 1.54) is 0 Å². The van der Waals surface area contributed by atoms with E-state index in [4.69, 9.17) is 16.3 Å². The largest absolute Gasteiger partial charge is 0.384 e. The maximum atomic E-state index is 11.8. The first-order chi connectivity index (χ1) is 7.19. The molecule has 0 N–H and O–H groups in total. The van der Waals surface area contributed by atoms with E-state index in [0.29, 0.717) is 12.3 Å². The van der Waals surface area contributed by atoms with Crippen molar-refractivity contribution >= 4 is 17.5 Å². The fraction of sp³-hybridized carbons (Fsp3) is 0.909. The Morgan fingerprint density at radius 2 is 2.13 bits per heavy atom. The van der Waals surface area contributed by atoms with Crippen molar-refractivity contribution in [2.45, 2.75) is 31.6 Å². The molecule has 0 unspecified atom stereocenters. The van der Waals surface area contributed by atoms with Gasteiger partial charge in [-0.1, -0.05) is 6.92 Å². The molecule has 0 saturated carbocycles. The van der Waals surface area contributed by atoms with Crippen LogP contribution < -0.4 is 0 Å². The van der Waals surface area contributed by atoms with Crippen LogP contribution in [-0.4, -0.2) is 43.0 Å². The number of amides is 1. The molecular formula is C11H20ClNO2. The van der Waals surface area contributed by atoms with Gasteiger partial charge in [-0.3, -0.25) is 4.79 Å². The monoisotopic (exact) mass is 233 g/mol. The lowest BCUT2D eigenvalue weighted by Crippen LogP contribution is -2.42. The third-order valence-electron chi connectivity index (χ3n) is 2.95. The van der Waals surface area contributed by atoms with Gasteiger partial charge < -0.3 is 9.64 Å². The number of rotatable bonds is 4. The summed E-state index contributed by atoms with van der Waals surface area (Å²) >= 11 is 5.93. The molecule has 0 aromatic carbocycles. The van der Waals surface area contributed by atoms with Crippen molar-refractivity contribution in [2.75, 3.05) is 26.8 Å². The zero-order valence-corrected chi connectivity index (χ0v) is 10.3. The van der Waals surface area contributed by atoms with Crippen LogP contribution in [0.3, 0.4) is 0 Å². The number of carbonyl (C=O) groups is 1. The van der Waals surface area contributed by atoms with Gasteiger partial charge in [-0.15, -0.1) is 11.6 Å². The summed E-state index contributed by atoms with van der Waals surface area (Å²) in [4.78, 5) is 13.6. The van der Waals surface area contributed by atoms with Gasteiger partial charge in [0.2, 0.25) is 5.91 Å². The highest BCUT2D eigenvalue weighted by molar-refractivity contribution is 6.30. The number of ether oxygens (including phenoxy) is 1. The highest BCUT2D eigenvalue weighted by Crippen LogP contribution is 2.19. The molecule has 1 atom stereocenters. The molecule has 0 spiro atoms. The van der Waals surface area contributed by atoms with E-state index in [9.17, 15) is 4.79 Å². The molecule has 0 aromatic rings. The minimum absolute atomic E-state index is 0.0926. The van der Waals surface area contributed by atoms with E-state index in [2.05, 4.69) is 0 Å². The molecule has 15 heavy (non-hydrogen) atoms. The molecule has 1 saturated heterocycles. The van der Waals surface area contributed by atoms with Crippen molar-refractivity contribution < 1.29 is 9.53 Å². The number of carbonyl (C=O) groups excluding carboxylic acids is 1. The first kappa shape index (κ1) is 12.8. The van der Waals surface area contributed by atoms with Gasteiger partial charge in [0, 0.05) is 26.8 Å². The summed E-state index contributed by atoms with van der Waals surface area (Å²) in [6, 6.07) is 0. The van der Waals surface area contributed by atoms with Crippen molar-refractivity contribution in [2.24, 2.45) is 5.92 Å². The van der Waals surface area contributed by atoms with Gasteiger partial charge in [-0.05, 0) is 25.2 Å². The Morgan fingerprint density at radius 3 is 2.60 bits per heavy atom. The van der Waals surface area contributed by atoms with Crippen LogP contribution in [0, 0.1) is 5.92 Å². The number of piperidine rings is 1. The molecule has 1 rings (SSSR count). The summed E-state index contributed by atoms with van der Waals surface area (Å²) in [5.74, 6) is 0.699. The number of hydrogen-bond acceptors (Lipinski definition) is 2. The highest BCUT2D eigenvalue weighted by Gasteiger charge is 2.25. The van der Waals surface area contributed by atoms with Crippen LogP contribution >= 0.6 is 11.6 Å². The summed E-state index contributed by atoms with van der Waals surface area (Å²) in [5, 5.41) is -0.344. The van der Waals surface area contributed by atoms with Crippen molar-refractivity contribution in [3.8, 4) is 0 Å². The van der Waals surface area contributed by atoms with E-state index >= 15 is 0 Å². The number of halogens is 1. The quantitative estimate of drug-likeness (QED) is 0.694. The Kier molecular flexibility index (Phi) is 5.40. The number of methoxy groups -OCH3 is 1. The standard InChI is InChI=1S/C11H20ClNO2/c1-3-10(12)11(14)13-6-4-9(5-7-13)8-15-2/h9-10H,3-8H2,1-2H3/t10-/m0/s1. The van der Waals surface area contributed by atoms with Crippen molar-refractivity contribution in [1.82, 2.24) is 4.90 Å². The molecule has 1 aliphatic heterocycles. The van der Waals surface area contributed by atoms with Crippen LogP contribution in [0.1, 0.15) is 26.2 Å². The first-order valence-electron chi connectivity index (χ1n) is 5.60. The molecule has 4 heteroatoms. The fourth-order valence-electron chi connectivity index (χ4n) is 1.93. The van der Waals surface area contributed by atoms with Crippen LogP contribution in [-0.2, 0) is 9.53 Å². The van der Waals surface area contributed by atoms with Crippen molar-refractivity contribution in [3.63, 3.8) is 0 Å². The molecular weight excluding hydrogens is 214 g/mol. The average Bonchev–Trinajstić information content (AvgIpc) is 2.28. The molecule has 3 nitrogen and oxygen atoms in total. The number of hydrogen-bond donors (Lipinski definition) is 0. The lowest BCUT2D eigenvalue weighted by molar-refractivity contribution is -0.132. The Balaban J connectivity index is 2.33. The number of nitrogens with zero attached hydrogens (tertiary/aromatic N) is 1. The van der Waals surface area contributed by atoms with Crippen LogP contribution in [0.25, 0.3) is 0 Å². The molecule has 1 fully saturated rings. The smallest absolute Gasteiger partial charge is 0.240 e. The molecule has 1 heterocycles. The Morgan fingerprint density at radius 1 is 1.53 bits per heavy atom. The predicted octanol–water partition coefficient (Wildman–Crippen LogP) is 1.89. The second-order valence-corrected chi connectivity index (χ2v) is 4.63. The second-order valence-electron chi connectivity index (χ2n) is 4.10. The zero-order chi connectivity index (χ0) is 11.3. The summed E-state index contributed by atoms with van der Waals surface area (Å²) in [7, 11) is 1.73. The van der Waals surface area contributed by atoms with Crippen molar-refractivity contribution in [3.05, 3.63) is 0 Å². The van der Waals surface area contributed by atoms with Gasteiger partial charge in [0.25, 0.3) is 0 Å². The molecule has 1 amide bonds. The molecule has 1 aliphatic rings. The van der Waals surface area contributed by atoms with Crippen molar-refractivity contribution in [1.29, 1.82) is 0 Å². The lowest BCUT2D eigenvalue weighted by atomic mass is 9.97. The summed E-state index contributed by atoms with van der Waals surface area (Å²) in [5.41, 5.74) is 0. The average molecular weight is 234 g/mol. The topological polar surface area (TPSA) is 29.5 Å². The second kappa shape index (κ2) is 6.33. The maximum absolute atomic E-state index is 11.8. The summed E-state index contributed by atoms with van der Waals surface area (Å²) in [6.07, 6.45) is 2.78. The summed E-state index contributed by atoms with van der Waals surface area (Å²) in [6.45, 7) is 4.40. The van der Waals surface area contributed by atoms with Gasteiger partial charge in [0.1, 0.15) is 5.38 Å². The Hall–Kier alpha value is -0.280. The van der Waals surface area contributed by atoms with E-state index in [0.717, 1.165) is 32.5 Å². The molecule has 0 aromatic heterocycles. The Bertz CT molecular complexity index is 203. The van der Waals surface area contributed by atoms with Crippen LogP contribution in [0.4, 0.5) is 0 Å².